The summed E-state index contributed by atoms with van der Waals surface area (Å²) in [5.41, 5.74) is 12.5. The summed E-state index contributed by atoms with van der Waals surface area (Å²) >= 11 is 3.26. The molecule has 0 radical (unpaired) electrons. The van der Waals surface area contributed by atoms with Gasteiger partial charge in [0.1, 0.15) is 0 Å². The van der Waals surface area contributed by atoms with E-state index in [-0.39, 0.29) is 6.42 Å². The van der Waals surface area contributed by atoms with Gasteiger partial charge in [0.25, 0.3) is 0 Å². The molecule has 0 aliphatic carbocycles. The minimum atomic E-state index is -0.931. The maximum atomic E-state index is 10.4. The Morgan fingerprint density at radius 2 is 2.21 bits per heavy atom. The Bertz CT molecular complexity index is 355. The van der Waals surface area contributed by atoms with E-state index < -0.39 is 12.0 Å². The van der Waals surface area contributed by atoms with Crippen LogP contribution in [-0.4, -0.2) is 11.1 Å². The van der Waals surface area contributed by atoms with E-state index in [4.69, 9.17) is 16.6 Å². The van der Waals surface area contributed by atoms with Crippen molar-refractivity contribution in [1.29, 1.82) is 0 Å². The molecule has 1 unspecified atom stereocenters. The Morgan fingerprint density at radius 1 is 1.57 bits per heavy atom. The lowest BCUT2D eigenvalue weighted by Crippen LogP contribution is -2.16. The largest absolute Gasteiger partial charge is 0.481 e. The van der Waals surface area contributed by atoms with Crippen LogP contribution < -0.4 is 11.5 Å². The van der Waals surface area contributed by atoms with E-state index in [2.05, 4.69) is 15.9 Å². The Morgan fingerprint density at radius 3 is 2.71 bits per heavy atom. The zero-order valence-electron chi connectivity index (χ0n) is 7.40. The van der Waals surface area contributed by atoms with Crippen LogP contribution in [0.25, 0.3) is 0 Å². The molecule has 0 aliphatic rings. The summed E-state index contributed by atoms with van der Waals surface area (Å²) in [6.45, 7) is 0. The van der Waals surface area contributed by atoms with E-state index in [0.29, 0.717) is 11.3 Å². The molecule has 0 aromatic heterocycles. The van der Waals surface area contributed by atoms with E-state index in [1.165, 1.54) is 0 Å². The van der Waals surface area contributed by atoms with Crippen molar-refractivity contribution in [3.8, 4) is 0 Å². The van der Waals surface area contributed by atoms with Gasteiger partial charge in [-0.05, 0) is 17.7 Å². The van der Waals surface area contributed by atoms with E-state index >= 15 is 0 Å². The third-order valence-corrected chi connectivity index (χ3v) is 2.34. The molecule has 0 saturated heterocycles. The molecule has 0 spiro atoms. The molecule has 5 N–H and O–H groups in total. The number of carboxylic acids is 1. The van der Waals surface area contributed by atoms with E-state index in [0.717, 1.165) is 4.47 Å². The predicted octanol–water partition coefficient (Wildman–Crippen LogP) is 1.51. The number of halogens is 1. The van der Waals surface area contributed by atoms with Crippen molar-refractivity contribution in [3.63, 3.8) is 0 Å². The van der Waals surface area contributed by atoms with Crippen LogP contribution in [0, 0.1) is 0 Å². The normalized spacial score (nSPS) is 12.4. The molecule has 5 heteroatoms. The molecule has 1 aromatic carbocycles. The molecule has 0 aliphatic heterocycles. The van der Waals surface area contributed by atoms with Crippen LogP contribution in [-0.2, 0) is 4.79 Å². The second-order valence-corrected chi connectivity index (χ2v) is 3.89. The highest BCUT2D eigenvalue weighted by Gasteiger charge is 2.13. The van der Waals surface area contributed by atoms with Crippen molar-refractivity contribution in [2.45, 2.75) is 12.5 Å². The number of nitrogens with two attached hydrogens (primary N) is 2. The average molecular weight is 259 g/mol. The van der Waals surface area contributed by atoms with Crippen LogP contribution in [0.15, 0.2) is 22.7 Å². The lowest BCUT2D eigenvalue weighted by atomic mass is 10.0. The van der Waals surface area contributed by atoms with E-state index in [9.17, 15) is 4.79 Å². The van der Waals surface area contributed by atoms with Crippen molar-refractivity contribution in [3.05, 3.63) is 28.2 Å². The fourth-order valence-corrected chi connectivity index (χ4v) is 1.56. The zero-order chi connectivity index (χ0) is 10.7. The van der Waals surface area contributed by atoms with Gasteiger partial charge in [-0.25, -0.2) is 0 Å². The molecule has 0 amide bonds. The highest BCUT2D eigenvalue weighted by Crippen LogP contribution is 2.24. The standard InChI is InChI=1S/C9H11BrN2O2/c10-5-1-2-6(7(11)3-5)8(12)4-9(13)14/h1-3,8H,4,11-12H2,(H,13,14). The first-order chi connectivity index (χ1) is 6.50. The fraction of sp³-hybridized carbons (Fsp3) is 0.222. The molecule has 1 rings (SSSR count). The van der Waals surface area contributed by atoms with Gasteiger partial charge in [0, 0.05) is 16.2 Å². The van der Waals surface area contributed by atoms with Crippen LogP contribution in [0.3, 0.4) is 0 Å². The summed E-state index contributed by atoms with van der Waals surface area (Å²) in [4.78, 5) is 10.4. The van der Waals surface area contributed by atoms with Crippen molar-refractivity contribution < 1.29 is 9.90 Å². The van der Waals surface area contributed by atoms with Gasteiger partial charge in [-0.2, -0.15) is 0 Å². The lowest BCUT2D eigenvalue weighted by Gasteiger charge is -2.12. The van der Waals surface area contributed by atoms with Gasteiger partial charge in [0.05, 0.1) is 6.42 Å². The van der Waals surface area contributed by atoms with Crippen molar-refractivity contribution in [2.75, 3.05) is 5.73 Å². The first-order valence-corrected chi connectivity index (χ1v) is 4.82. The summed E-state index contributed by atoms with van der Waals surface area (Å²) in [5, 5.41) is 8.56. The Hall–Kier alpha value is -1.07. The summed E-state index contributed by atoms with van der Waals surface area (Å²) < 4.78 is 0.848. The second kappa shape index (κ2) is 4.43. The monoisotopic (exact) mass is 258 g/mol. The smallest absolute Gasteiger partial charge is 0.305 e. The Kier molecular flexibility index (Phi) is 3.49. The summed E-state index contributed by atoms with van der Waals surface area (Å²) in [6, 6.07) is 4.66. The number of carboxylic acid groups (broad SMARTS) is 1. The first kappa shape index (κ1) is 11.0. The van der Waals surface area contributed by atoms with Crippen LogP contribution in [0.2, 0.25) is 0 Å². The maximum absolute atomic E-state index is 10.4. The molecule has 0 bridgehead atoms. The molecule has 76 valence electrons. The van der Waals surface area contributed by atoms with Crippen LogP contribution >= 0.6 is 15.9 Å². The number of hydrogen-bond acceptors (Lipinski definition) is 3. The minimum absolute atomic E-state index is 0.119. The summed E-state index contributed by atoms with van der Waals surface area (Å²) in [5.74, 6) is -0.931. The van der Waals surface area contributed by atoms with Gasteiger partial charge in [0.15, 0.2) is 0 Å². The number of anilines is 1. The SMILES string of the molecule is Nc1cc(Br)ccc1C(N)CC(=O)O. The third kappa shape index (κ3) is 2.71. The predicted molar refractivity (Wildman–Crippen MR) is 57.7 cm³/mol. The molecule has 4 nitrogen and oxygen atoms in total. The van der Waals surface area contributed by atoms with Crippen molar-refractivity contribution >= 4 is 27.6 Å². The minimum Gasteiger partial charge on any atom is -0.481 e. The van der Waals surface area contributed by atoms with Gasteiger partial charge in [-0.15, -0.1) is 0 Å². The Balaban J connectivity index is 2.90. The average Bonchev–Trinajstić information content (AvgIpc) is 2.01. The van der Waals surface area contributed by atoms with E-state index in [1.54, 1.807) is 18.2 Å². The first-order valence-electron chi connectivity index (χ1n) is 4.03. The summed E-state index contributed by atoms with van der Waals surface area (Å²) in [7, 11) is 0. The second-order valence-electron chi connectivity index (χ2n) is 2.98. The number of nitrogen functional groups attached to an aromatic ring is 1. The van der Waals surface area contributed by atoms with Crippen LogP contribution in [0.5, 0.6) is 0 Å². The number of hydrogen-bond donors (Lipinski definition) is 3. The molecule has 1 aromatic rings. The molecule has 14 heavy (non-hydrogen) atoms. The number of carbonyl (C=O) groups is 1. The van der Waals surface area contributed by atoms with Crippen molar-refractivity contribution in [1.82, 2.24) is 0 Å². The van der Waals surface area contributed by atoms with Gasteiger partial charge >= 0.3 is 5.97 Å². The van der Waals surface area contributed by atoms with Gasteiger partial charge in [0.2, 0.25) is 0 Å². The van der Waals surface area contributed by atoms with Crippen LogP contribution in [0.1, 0.15) is 18.0 Å². The quantitative estimate of drug-likeness (QED) is 0.717. The maximum Gasteiger partial charge on any atom is 0.305 e. The van der Waals surface area contributed by atoms with Crippen molar-refractivity contribution in [2.24, 2.45) is 5.73 Å². The topological polar surface area (TPSA) is 89.3 Å². The number of benzene rings is 1. The summed E-state index contributed by atoms with van der Waals surface area (Å²) in [6.07, 6.45) is -0.119. The number of rotatable bonds is 3. The van der Waals surface area contributed by atoms with Gasteiger partial charge < -0.3 is 16.6 Å². The molecule has 0 fully saturated rings. The fourth-order valence-electron chi connectivity index (χ4n) is 1.18. The molecular formula is C9H11BrN2O2. The number of aliphatic carboxylic acids is 1. The molecule has 0 saturated carbocycles. The molecular weight excluding hydrogens is 248 g/mol. The zero-order valence-corrected chi connectivity index (χ0v) is 8.99. The Labute approximate surface area is 90.0 Å². The van der Waals surface area contributed by atoms with Crippen LogP contribution in [0.4, 0.5) is 5.69 Å². The molecule has 1 atom stereocenters. The van der Waals surface area contributed by atoms with E-state index in [1.807, 2.05) is 0 Å². The third-order valence-electron chi connectivity index (χ3n) is 1.84. The molecule has 0 heterocycles. The highest BCUT2D eigenvalue weighted by molar-refractivity contribution is 9.10. The lowest BCUT2D eigenvalue weighted by molar-refractivity contribution is -0.137. The highest BCUT2D eigenvalue weighted by atomic mass is 79.9. The van der Waals surface area contributed by atoms with Gasteiger partial charge in [-0.1, -0.05) is 22.0 Å². The van der Waals surface area contributed by atoms with Gasteiger partial charge in [-0.3, -0.25) is 4.79 Å².